The average Bonchev–Trinajstić information content (AvgIpc) is 2.92. The maximum Gasteiger partial charge on any atom is 0.387 e. The van der Waals surface area contributed by atoms with Gasteiger partial charge in [0.1, 0.15) is 11.6 Å². The van der Waals surface area contributed by atoms with Gasteiger partial charge in [0.25, 0.3) is 0 Å². The number of benzene rings is 2. The number of alkyl halides is 4. The molecular weight excluding hydrogens is 324 g/mol. The molecule has 24 heavy (non-hydrogen) atoms. The molecule has 0 atom stereocenters. The second-order valence-corrected chi connectivity index (χ2v) is 4.89. The number of aromatic nitrogens is 2. The summed E-state index contributed by atoms with van der Waals surface area (Å²) in [6.45, 7) is -5.61. The van der Waals surface area contributed by atoms with Gasteiger partial charge in [0.05, 0.1) is 11.0 Å². The van der Waals surface area contributed by atoms with Crippen LogP contribution in [0.15, 0.2) is 48.5 Å². The molecule has 0 aliphatic carbocycles. The first-order valence-corrected chi connectivity index (χ1v) is 7.02. The lowest BCUT2D eigenvalue weighted by Gasteiger charge is -2.05. The van der Waals surface area contributed by atoms with Crippen LogP contribution in [0.1, 0.15) is 17.9 Å². The zero-order valence-electron chi connectivity index (χ0n) is 12.2. The van der Waals surface area contributed by atoms with E-state index in [4.69, 9.17) is 0 Å². The van der Waals surface area contributed by atoms with Gasteiger partial charge >= 0.3 is 13.2 Å². The van der Waals surface area contributed by atoms with Gasteiger partial charge in [-0.25, -0.2) is 4.98 Å². The van der Waals surface area contributed by atoms with Crippen molar-refractivity contribution in [3.05, 3.63) is 59.9 Å². The molecule has 0 saturated carbocycles. The minimum Gasteiger partial charge on any atom is -0.435 e. The van der Waals surface area contributed by atoms with Gasteiger partial charge in [-0.2, -0.15) is 17.6 Å². The Hall–Kier alpha value is -2.83. The van der Waals surface area contributed by atoms with Crippen LogP contribution in [0, 0.1) is 0 Å². The third kappa shape index (κ3) is 3.40. The molecule has 0 spiro atoms. The predicted octanol–water partition coefficient (Wildman–Crippen LogP) is 5.20. The molecule has 0 amide bonds. The van der Waals surface area contributed by atoms with Gasteiger partial charge in [-0.05, 0) is 35.9 Å². The standard InChI is InChI=1S/C17H12F4N2O/c18-16(19)23-14-4-2-1-3-13(14)22-15(23)10-7-11-5-8-12(9-6-11)24-17(20)21/h1-10,16-17H. The van der Waals surface area contributed by atoms with Crippen LogP contribution in [0.25, 0.3) is 23.2 Å². The van der Waals surface area contributed by atoms with Crippen LogP contribution < -0.4 is 4.74 Å². The van der Waals surface area contributed by atoms with Crippen LogP contribution in [0.5, 0.6) is 5.75 Å². The zero-order valence-corrected chi connectivity index (χ0v) is 12.2. The van der Waals surface area contributed by atoms with Crippen molar-refractivity contribution >= 4 is 23.2 Å². The molecule has 0 aliphatic rings. The van der Waals surface area contributed by atoms with E-state index in [0.29, 0.717) is 16.6 Å². The second-order valence-electron chi connectivity index (χ2n) is 4.89. The van der Waals surface area contributed by atoms with E-state index in [2.05, 4.69) is 9.72 Å². The molecule has 0 fully saturated rings. The molecule has 0 bridgehead atoms. The summed E-state index contributed by atoms with van der Waals surface area (Å²) in [5, 5.41) is 0. The first-order valence-electron chi connectivity index (χ1n) is 7.02. The highest BCUT2D eigenvalue weighted by Crippen LogP contribution is 2.24. The molecule has 0 N–H and O–H groups in total. The van der Waals surface area contributed by atoms with Crippen molar-refractivity contribution in [1.29, 1.82) is 0 Å². The van der Waals surface area contributed by atoms with Gasteiger partial charge in [0.15, 0.2) is 0 Å². The maximum absolute atomic E-state index is 13.3. The number of nitrogens with zero attached hydrogens (tertiary/aromatic N) is 2. The third-order valence-electron chi connectivity index (χ3n) is 3.35. The Morgan fingerprint density at radius 2 is 1.62 bits per heavy atom. The molecule has 3 aromatic rings. The summed E-state index contributed by atoms with van der Waals surface area (Å²) in [5.41, 5.74) is 1.45. The maximum atomic E-state index is 13.3. The zero-order chi connectivity index (χ0) is 17.1. The van der Waals surface area contributed by atoms with Crippen molar-refractivity contribution < 1.29 is 22.3 Å². The van der Waals surface area contributed by atoms with Crippen molar-refractivity contribution in [1.82, 2.24) is 9.55 Å². The lowest BCUT2D eigenvalue weighted by molar-refractivity contribution is -0.0498. The lowest BCUT2D eigenvalue weighted by Crippen LogP contribution is -2.01. The molecule has 124 valence electrons. The van der Waals surface area contributed by atoms with Crippen molar-refractivity contribution in [3.8, 4) is 5.75 Å². The quantitative estimate of drug-likeness (QED) is 0.599. The summed E-state index contributed by atoms with van der Waals surface area (Å²) in [6, 6.07) is 12.5. The molecule has 0 unspecified atom stereocenters. The normalized spacial score (nSPS) is 11.9. The Morgan fingerprint density at radius 3 is 2.29 bits per heavy atom. The second kappa shape index (κ2) is 6.74. The summed E-state index contributed by atoms with van der Waals surface area (Å²) < 4.78 is 55.9. The van der Waals surface area contributed by atoms with Crippen LogP contribution in [0.4, 0.5) is 17.6 Å². The minimum atomic E-state index is -2.89. The summed E-state index contributed by atoms with van der Waals surface area (Å²) in [7, 11) is 0. The van der Waals surface area contributed by atoms with Gasteiger partial charge in [-0.15, -0.1) is 0 Å². The number of hydrogen-bond donors (Lipinski definition) is 0. The van der Waals surface area contributed by atoms with Gasteiger partial charge in [-0.1, -0.05) is 30.3 Å². The van der Waals surface area contributed by atoms with E-state index in [0.717, 1.165) is 4.57 Å². The topological polar surface area (TPSA) is 27.1 Å². The molecule has 1 aromatic heterocycles. The molecule has 1 heterocycles. The third-order valence-corrected chi connectivity index (χ3v) is 3.35. The van der Waals surface area contributed by atoms with E-state index in [1.54, 1.807) is 42.5 Å². The first kappa shape index (κ1) is 16.0. The van der Waals surface area contributed by atoms with Crippen LogP contribution >= 0.6 is 0 Å². The fraction of sp³-hybridized carbons (Fsp3) is 0.118. The van der Waals surface area contributed by atoms with Crippen molar-refractivity contribution in [2.45, 2.75) is 13.2 Å². The molecule has 7 heteroatoms. The number of para-hydroxylation sites is 2. The average molecular weight is 336 g/mol. The monoisotopic (exact) mass is 336 g/mol. The molecule has 0 aliphatic heterocycles. The Labute approximate surface area is 134 Å². The number of imidazole rings is 1. The van der Waals surface area contributed by atoms with E-state index in [1.807, 2.05) is 0 Å². The predicted molar refractivity (Wildman–Crippen MR) is 83.0 cm³/mol. The van der Waals surface area contributed by atoms with Crippen molar-refractivity contribution in [3.63, 3.8) is 0 Å². The molecular formula is C17H12F4N2O. The smallest absolute Gasteiger partial charge is 0.387 e. The van der Waals surface area contributed by atoms with Crippen LogP contribution in [-0.4, -0.2) is 16.2 Å². The highest BCUT2D eigenvalue weighted by molar-refractivity contribution is 5.80. The van der Waals surface area contributed by atoms with E-state index in [1.165, 1.54) is 18.2 Å². The highest BCUT2D eigenvalue weighted by Gasteiger charge is 2.15. The fourth-order valence-electron chi connectivity index (χ4n) is 2.32. The molecule has 0 radical (unpaired) electrons. The Kier molecular flexibility index (Phi) is 4.50. The number of hydrogen-bond acceptors (Lipinski definition) is 2. The van der Waals surface area contributed by atoms with Gasteiger partial charge < -0.3 is 4.74 Å². The summed E-state index contributed by atoms with van der Waals surface area (Å²) >= 11 is 0. The largest absolute Gasteiger partial charge is 0.435 e. The van der Waals surface area contributed by atoms with Crippen LogP contribution in [-0.2, 0) is 0 Å². The van der Waals surface area contributed by atoms with Crippen molar-refractivity contribution in [2.24, 2.45) is 0 Å². The summed E-state index contributed by atoms with van der Waals surface area (Å²) in [4.78, 5) is 4.18. The summed E-state index contributed by atoms with van der Waals surface area (Å²) in [5.74, 6) is 0.140. The molecule has 0 saturated heterocycles. The fourth-order valence-corrected chi connectivity index (χ4v) is 2.32. The number of fused-ring (bicyclic) bond motifs is 1. The van der Waals surface area contributed by atoms with Crippen LogP contribution in [0.2, 0.25) is 0 Å². The van der Waals surface area contributed by atoms with Gasteiger partial charge in [-0.3, -0.25) is 4.57 Å². The van der Waals surface area contributed by atoms with Crippen LogP contribution in [0.3, 0.4) is 0 Å². The molecule has 2 aromatic carbocycles. The van der Waals surface area contributed by atoms with E-state index in [9.17, 15) is 17.6 Å². The Bertz CT molecular complexity index is 857. The number of rotatable bonds is 5. The van der Waals surface area contributed by atoms with E-state index in [-0.39, 0.29) is 11.6 Å². The van der Waals surface area contributed by atoms with E-state index < -0.39 is 13.2 Å². The van der Waals surface area contributed by atoms with Crippen molar-refractivity contribution in [2.75, 3.05) is 0 Å². The number of halogens is 4. The van der Waals surface area contributed by atoms with E-state index >= 15 is 0 Å². The van der Waals surface area contributed by atoms with Gasteiger partial charge in [0.2, 0.25) is 0 Å². The Morgan fingerprint density at radius 1 is 0.917 bits per heavy atom. The number of ether oxygens (including phenoxy) is 1. The molecule has 3 nitrogen and oxygen atoms in total. The Balaban J connectivity index is 1.89. The lowest BCUT2D eigenvalue weighted by atomic mass is 10.2. The SMILES string of the molecule is FC(F)Oc1ccc(C=Cc2nc3ccccc3n2C(F)F)cc1. The van der Waals surface area contributed by atoms with Gasteiger partial charge in [0, 0.05) is 0 Å². The summed E-state index contributed by atoms with van der Waals surface area (Å²) in [6.07, 6.45) is 3.03. The molecule has 3 rings (SSSR count). The highest BCUT2D eigenvalue weighted by atomic mass is 19.3. The first-order chi connectivity index (χ1) is 11.5. The minimum absolute atomic E-state index is 0.0296.